The molecule has 0 fully saturated rings. The first kappa shape index (κ1) is 7.74. The van der Waals surface area contributed by atoms with Gasteiger partial charge in [0.1, 0.15) is 0 Å². The number of rotatable bonds is 2. The number of nitrogens with one attached hydrogen (secondary N) is 2. The second-order valence-electron chi connectivity index (χ2n) is 2.15. The van der Waals surface area contributed by atoms with Crippen molar-refractivity contribution in [2.45, 2.75) is 6.42 Å². The van der Waals surface area contributed by atoms with Gasteiger partial charge in [0.2, 0.25) is 0 Å². The SMILES string of the molecule is NCCc1cc(=O)[nH]c(=O)[nH]1. The Morgan fingerprint density at radius 2 is 2.09 bits per heavy atom. The number of hydrogen-bond acceptors (Lipinski definition) is 3. The van der Waals surface area contributed by atoms with Crippen LogP contribution in [-0.4, -0.2) is 16.5 Å². The fraction of sp³-hybridized carbons (Fsp3) is 0.333. The first-order valence-corrected chi connectivity index (χ1v) is 3.25. The summed E-state index contributed by atoms with van der Waals surface area (Å²) in [6.07, 6.45) is 0.513. The third-order valence-corrected chi connectivity index (χ3v) is 1.23. The smallest absolute Gasteiger partial charge is 0.325 e. The molecule has 4 N–H and O–H groups in total. The number of aromatic nitrogens is 2. The molecule has 0 spiro atoms. The van der Waals surface area contributed by atoms with E-state index in [9.17, 15) is 9.59 Å². The molecule has 0 aromatic carbocycles. The zero-order valence-corrected chi connectivity index (χ0v) is 5.89. The lowest BCUT2D eigenvalue weighted by molar-refractivity contribution is 0.880. The summed E-state index contributed by atoms with van der Waals surface area (Å²) in [4.78, 5) is 25.8. The van der Waals surface area contributed by atoms with Gasteiger partial charge >= 0.3 is 5.69 Å². The van der Waals surface area contributed by atoms with Crippen LogP contribution in [0.4, 0.5) is 0 Å². The summed E-state index contributed by atoms with van der Waals surface area (Å²) in [6.45, 7) is 0.416. The molecule has 60 valence electrons. The van der Waals surface area contributed by atoms with Gasteiger partial charge in [0.25, 0.3) is 5.56 Å². The normalized spacial score (nSPS) is 9.91. The molecule has 1 rings (SSSR count). The highest BCUT2D eigenvalue weighted by Crippen LogP contribution is 1.83. The van der Waals surface area contributed by atoms with Crippen molar-refractivity contribution in [1.29, 1.82) is 0 Å². The molecule has 0 saturated heterocycles. The Labute approximate surface area is 62.3 Å². The van der Waals surface area contributed by atoms with Gasteiger partial charge in [0, 0.05) is 18.2 Å². The molecule has 1 aromatic heterocycles. The lowest BCUT2D eigenvalue weighted by Crippen LogP contribution is -2.23. The Bertz CT molecular complexity index is 310. The molecule has 0 amide bonds. The summed E-state index contributed by atoms with van der Waals surface area (Å²) >= 11 is 0. The molecule has 0 bridgehead atoms. The van der Waals surface area contributed by atoms with Crippen LogP contribution >= 0.6 is 0 Å². The Morgan fingerprint density at radius 3 is 2.64 bits per heavy atom. The van der Waals surface area contributed by atoms with E-state index in [0.29, 0.717) is 18.7 Å². The lowest BCUT2D eigenvalue weighted by Gasteiger charge is -1.94. The maximum absolute atomic E-state index is 10.7. The number of H-pyrrole nitrogens is 2. The van der Waals surface area contributed by atoms with Crippen LogP contribution in [-0.2, 0) is 6.42 Å². The van der Waals surface area contributed by atoms with Crippen molar-refractivity contribution >= 4 is 0 Å². The van der Waals surface area contributed by atoms with Gasteiger partial charge < -0.3 is 10.7 Å². The average Bonchev–Trinajstić information content (AvgIpc) is 1.85. The maximum Gasteiger partial charge on any atom is 0.325 e. The van der Waals surface area contributed by atoms with Crippen molar-refractivity contribution in [3.8, 4) is 0 Å². The van der Waals surface area contributed by atoms with Crippen LogP contribution in [0.2, 0.25) is 0 Å². The van der Waals surface area contributed by atoms with Crippen LogP contribution in [0.25, 0.3) is 0 Å². The van der Waals surface area contributed by atoms with Gasteiger partial charge in [0.15, 0.2) is 0 Å². The van der Waals surface area contributed by atoms with Gasteiger partial charge in [-0.1, -0.05) is 0 Å². The van der Waals surface area contributed by atoms with Crippen LogP contribution in [0.1, 0.15) is 5.69 Å². The molecule has 1 heterocycles. The summed E-state index contributed by atoms with van der Waals surface area (Å²) in [7, 11) is 0. The highest BCUT2D eigenvalue weighted by atomic mass is 16.2. The zero-order valence-electron chi connectivity index (χ0n) is 5.89. The summed E-state index contributed by atoms with van der Waals surface area (Å²) in [6, 6.07) is 1.33. The second-order valence-corrected chi connectivity index (χ2v) is 2.15. The van der Waals surface area contributed by atoms with E-state index in [0.717, 1.165) is 0 Å². The first-order chi connectivity index (χ1) is 5.22. The minimum atomic E-state index is -0.485. The van der Waals surface area contributed by atoms with Gasteiger partial charge in [-0.2, -0.15) is 0 Å². The van der Waals surface area contributed by atoms with E-state index in [1.54, 1.807) is 0 Å². The molecule has 0 aliphatic heterocycles. The Balaban J connectivity index is 3.09. The lowest BCUT2D eigenvalue weighted by atomic mass is 10.3. The van der Waals surface area contributed by atoms with Gasteiger partial charge in [-0.25, -0.2) is 4.79 Å². The van der Waals surface area contributed by atoms with Crippen molar-refractivity contribution in [3.63, 3.8) is 0 Å². The van der Waals surface area contributed by atoms with Crippen LogP contribution in [0, 0.1) is 0 Å². The second kappa shape index (κ2) is 3.16. The fourth-order valence-electron chi connectivity index (χ4n) is 0.810. The number of aromatic amines is 2. The van der Waals surface area contributed by atoms with E-state index in [4.69, 9.17) is 5.73 Å². The molecule has 0 unspecified atom stereocenters. The van der Waals surface area contributed by atoms with E-state index < -0.39 is 11.2 Å². The fourth-order valence-corrected chi connectivity index (χ4v) is 0.810. The molecular formula is C6H9N3O2. The third-order valence-electron chi connectivity index (χ3n) is 1.23. The van der Waals surface area contributed by atoms with Crippen molar-refractivity contribution < 1.29 is 0 Å². The summed E-state index contributed by atoms with van der Waals surface area (Å²) in [5.74, 6) is 0. The number of nitrogens with two attached hydrogens (primary N) is 1. The van der Waals surface area contributed by atoms with E-state index in [-0.39, 0.29) is 0 Å². The van der Waals surface area contributed by atoms with Gasteiger partial charge in [-0.05, 0) is 6.54 Å². The summed E-state index contributed by atoms with van der Waals surface area (Å²) in [5, 5.41) is 0. The minimum absolute atomic E-state index is 0.391. The molecule has 5 heteroatoms. The van der Waals surface area contributed by atoms with Crippen molar-refractivity contribution in [2.24, 2.45) is 5.73 Å². The van der Waals surface area contributed by atoms with E-state index in [1.807, 2.05) is 0 Å². The van der Waals surface area contributed by atoms with E-state index >= 15 is 0 Å². The standard InChI is InChI=1S/C6H9N3O2/c7-2-1-4-3-5(10)9-6(11)8-4/h3H,1-2,7H2,(H2,8,9,10,11). The molecule has 11 heavy (non-hydrogen) atoms. The highest BCUT2D eigenvalue weighted by molar-refractivity contribution is 4.98. The quantitative estimate of drug-likeness (QED) is 0.488. The van der Waals surface area contributed by atoms with E-state index in [2.05, 4.69) is 9.97 Å². The third kappa shape index (κ3) is 2.05. The molecule has 5 nitrogen and oxygen atoms in total. The zero-order chi connectivity index (χ0) is 8.27. The monoisotopic (exact) mass is 155 g/mol. The summed E-state index contributed by atoms with van der Waals surface area (Å²) in [5.41, 5.74) is 4.92. The predicted octanol–water partition coefficient (Wildman–Crippen LogP) is -1.44. The van der Waals surface area contributed by atoms with Gasteiger partial charge in [-0.3, -0.25) is 9.78 Å². The highest BCUT2D eigenvalue weighted by Gasteiger charge is 1.93. The molecule has 0 radical (unpaired) electrons. The van der Waals surface area contributed by atoms with Crippen molar-refractivity contribution in [3.05, 3.63) is 32.6 Å². The molecule has 0 saturated carbocycles. The average molecular weight is 155 g/mol. The van der Waals surface area contributed by atoms with Crippen LogP contribution in [0.3, 0.4) is 0 Å². The molecule has 0 atom stereocenters. The minimum Gasteiger partial charge on any atom is -0.330 e. The molecule has 1 aromatic rings. The Kier molecular flexibility index (Phi) is 2.22. The molecule has 0 aliphatic carbocycles. The van der Waals surface area contributed by atoms with Gasteiger partial charge in [0.05, 0.1) is 0 Å². The molecule has 0 aliphatic rings. The molecular weight excluding hydrogens is 146 g/mol. The van der Waals surface area contributed by atoms with E-state index in [1.165, 1.54) is 6.07 Å². The summed E-state index contributed by atoms with van der Waals surface area (Å²) < 4.78 is 0. The van der Waals surface area contributed by atoms with Gasteiger partial charge in [-0.15, -0.1) is 0 Å². The predicted molar refractivity (Wildman–Crippen MR) is 40.4 cm³/mol. The Morgan fingerprint density at radius 1 is 1.36 bits per heavy atom. The Hall–Kier alpha value is -1.36. The number of hydrogen-bond donors (Lipinski definition) is 3. The van der Waals surface area contributed by atoms with Crippen molar-refractivity contribution in [1.82, 2.24) is 9.97 Å². The first-order valence-electron chi connectivity index (χ1n) is 3.25. The van der Waals surface area contributed by atoms with Crippen molar-refractivity contribution in [2.75, 3.05) is 6.54 Å². The maximum atomic E-state index is 10.7. The van der Waals surface area contributed by atoms with Crippen LogP contribution in [0.15, 0.2) is 15.7 Å². The topological polar surface area (TPSA) is 91.7 Å². The van der Waals surface area contributed by atoms with Crippen LogP contribution in [0.5, 0.6) is 0 Å². The largest absolute Gasteiger partial charge is 0.330 e. The van der Waals surface area contributed by atoms with Crippen LogP contribution < -0.4 is 17.0 Å².